The molecule has 13 heavy (non-hydrogen) atoms. The SMILES string of the molecule is CCC(=O)c1ccccc1N=[N+]=[N-]. The van der Waals surface area contributed by atoms with Gasteiger partial charge in [0.2, 0.25) is 0 Å². The van der Waals surface area contributed by atoms with Crippen LogP contribution in [0.15, 0.2) is 29.4 Å². The highest BCUT2D eigenvalue weighted by Crippen LogP contribution is 2.19. The average molecular weight is 175 g/mol. The molecule has 0 spiro atoms. The minimum absolute atomic E-state index is 0.0111. The van der Waals surface area contributed by atoms with Gasteiger partial charge in [0.15, 0.2) is 5.78 Å². The molecule has 1 aromatic carbocycles. The van der Waals surface area contributed by atoms with E-state index in [2.05, 4.69) is 10.0 Å². The Hall–Kier alpha value is -1.80. The van der Waals surface area contributed by atoms with Gasteiger partial charge in [0.1, 0.15) is 0 Å². The van der Waals surface area contributed by atoms with Crippen LogP contribution in [0.4, 0.5) is 5.69 Å². The zero-order valence-corrected chi connectivity index (χ0v) is 7.27. The van der Waals surface area contributed by atoms with Gasteiger partial charge in [-0.05, 0) is 5.53 Å². The van der Waals surface area contributed by atoms with Crippen LogP contribution in [-0.2, 0) is 0 Å². The summed E-state index contributed by atoms with van der Waals surface area (Å²) >= 11 is 0. The maximum atomic E-state index is 11.3. The first-order valence-corrected chi connectivity index (χ1v) is 3.97. The third-order valence-corrected chi connectivity index (χ3v) is 1.68. The maximum absolute atomic E-state index is 11.3. The summed E-state index contributed by atoms with van der Waals surface area (Å²) < 4.78 is 0. The van der Waals surface area contributed by atoms with Gasteiger partial charge in [0.25, 0.3) is 0 Å². The molecule has 1 rings (SSSR count). The molecule has 1 aromatic rings. The first-order chi connectivity index (χ1) is 6.29. The molecule has 4 nitrogen and oxygen atoms in total. The molecule has 0 heterocycles. The number of nitrogens with zero attached hydrogens (tertiary/aromatic N) is 3. The Bertz CT molecular complexity index is 367. The molecule has 0 saturated carbocycles. The van der Waals surface area contributed by atoms with E-state index in [0.29, 0.717) is 17.7 Å². The van der Waals surface area contributed by atoms with E-state index in [4.69, 9.17) is 5.53 Å². The van der Waals surface area contributed by atoms with Crippen LogP contribution in [0.3, 0.4) is 0 Å². The number of ketones is 1. The van der Waals surface area contributed by atoms with Crippen LogP contribution in [0.25, 0.3) is 10.4 Å². The quantitative estimate of drug-likeness (QED) is 0.301. The molecule has 4 heteroatoms. The summed E-state index contributed by atoms with van der Waals surface area (Å²) in [4.78, 5) is 14.0. The summed E-state index contributed by atoms with van der Waals surface area (Å²) in [6.45, 7) is 1.77. The van der Waals surface area contributed by atoms with Gasteiger partial charge in [-0.3, -0.25) is 4.79 Å². The second-order valence-corrected chi connectivity index (χ2v) is 2.48. The van der Waals surface area contributed by atoms with Crippen LogP contribution in [0, 0.1) is 0 Å². The van der Waals surface area contributed by atoms with Crippen molar-refractivity contribution in [1.29, 1.82) is 0 Å². The van der Waals surface area contributed by atoms with Crippen LogP contribution in [-0.4, -0.2) is 5.78 Å². The van der Waals surface area contributed by atoms with E-state index in [9.17, 15) is 4.79 Å². The van der Waals surface area contributed by atoms with E-state index in [-0.39, 0.29) is 5.78 Å². The number of benzene rings is 1. The van der Waals surface area contributed by atoms with Crippen molar-refractivity contribution in [2.24, 2.45) is 5.11 Å². The fourth-order valence-electron chi connectivity index (χ4n) is 1.04. The monoisotopic (exact) mass is 175 g/mol. The van der Waals surface area contributed by atoms with Crippen molar-refractivity contribution < 1.29 is 4.79 Å². The summed E-state index contributed by atoms with van der Waals surface area (Å²) in [6.07, 6.45) is 0.415. The third kappa shape index (κ3) is 2.07. The third-order valence-electron chi connectivity index (χ3n) is 1.68. The zero-order chi connectivity index (χ0) is 9.68. The first-order valence-electron chi connectivity index (χ1n) is 3.97. The molecule has 0 atom stereocenters. The van der Waals surface area contributed by atoms with E-state index >= 15 is 0 Å². The van der Waals surface area contributed by atoms with E-state index < -0.39 is 0 Å². The molecule has 0 unspecified atom stereocenters. The van der Waals surface area contributed by atoms with E-state index in [0.717, 1.165) is 0 Å². The molecule has 66 valence electrons. The largest absolute Gasteiger partial charge is 0.294 e. The van der Waals surface area contributed by atoms with Crippen LogP contribution < -0.4 is 0 Å². The molecule has 0 N–H and O–H groups in total. The summed E-state index contributed by atoms with van der Waals surface area (Å²) in [5.41, 5.74) is 9.13. The number of hydrogen-bond donors (Lipinski definition) is 0. The minimum Gasteiger partial charge on any atom is -0.294 e. The Labute approximate surface area is 75.8 Å². The molecule has 0 aliphatic heterocycles. The zero-order valence-electron chi connectivity index (χ0n) is 7.27. The van der Waals surface area contributed by atoms with E-state index in [1.165, 1.54) is 0 Å². The normalized spacial score (nSPS) is 9.00. The molecular formula is C9H9N3O. The van der Waals surface area contributed by atoms with Gasteiger partial charge >= 0.3 is 0 Å². The fourth-order valence-corrected chi connectivity index (χ4v) is 1.04. The standard InChI is InChI=1S/C9H9N3O/c1-2-9(13)7-5-3-4-6-8(7)11-12-10/h3-6H,2H2,1H3. The number of carbonyl (C=O) groups is 1. The lowest BCUT2D eigenvalue weighted by Crippen LogP contribution is -1.95. The summed E-state index contributed by atoms with van der Waals surface area (Å²) in [6, 6.07) is 6.77. The van der Waals surface area contributed by atoms with Crippen molar-refractivity contribution in [2.45, 2.75) is 13.3 Å². The first kappa shape index (κ1) is 9.29. The highest BCUT2D eigenvalue weighted by Gasteiger charge is 2.06. The average Bonchev–Trinajstić information content (AvgIpc) is 2.18. The van der Waals surface area contributed by atoms with Crippen molar-refractivity contribution in [3.8, 4) is 0 Å². The summed E-state index contributed by atoms with van der Waals surface area (Å²) in [5, 5.41) is 3.44. The molecule has 0 fully saturated rings. The van der Waals surface area contributed by atoms with Crippen molar-refractivity contribution in [3.63, 3.8) is 0 Å². The van der Waals surface area contributed by atoms with E-state index in [1.807, 2.05) is 0 Å². The van der Waals surface area contributed by atoms with Crippen molar-refractivity contribution in [1.82, 2.24) is 0 Å². The Morgan fingerprint density at radius 1 is 1.54 bits per heavy atom. The molecule has 0 aliphatic carbocycles. The number of Topliss-reactive ketones (excluding diaryl/α,β-unsaturated/α-hetero) is 1. The van der Waals surface area contributed by atoms with E-state index in [1.54, 1.807) is 31.2 Å². The van der Waals surface area contributed by atoms with Crippen LogP contribution in [0.1, 0.15) is 23.7 Å². The lowest BCUT2D eigenvalue weighted by molar-refractivity contribution is 0.0989. The highest BCUT2D eigenvalue weighted by atomic mass is 16.1. The molecule has 0 saturated heterocycles. The van der Waals surface area contributed by atoms with Gasteiger partial charge < -0.3 is 0 Å². The van der Waals surface area contributed by atoms with Gasteiger partial charge in [-0.2, -0.15) is 0 Å². The van der Waals surface area contributed by atoms with Gasteiger partial charge in [-0.25, -0.2) is 0 Å². The minimum atomic E-state index is -0.0111. The number of azide groups is 1. The Morgan fingerprint density at radius 2 is 2.23 bits per heavy atom. The summed E-state index contributed by atoms with van der Waals surface area (Å²) in [7, 11) is 0. The van der Waals surface area contributed by atoms with Gasteiger partial charge in [-0.15, -0.1) is 0 Å². The second-order valence-electron chi connectivity index (χ2n) is 2.48. The fraction of sp³-hybridized carbons (Fsp3) is 0.222. The summed E-state index contributed by atoms with van der Waals surface area (Å²) in [5.74, 6) is -0.0111. The Morgan fingerprint density at radius 3 is 2.85 bits per heavy atom. The van der Waals surface area contributed by atoms with Crippen molar-refractivity contribution in [2.75, 3.05) is 0 Å². The lowest BCUT2D eigenvalue weighted by atomic mass is 10.1. The Balaban J connectivity index is 3.18. The molecular weight excluding hydrogens is 166 g/mol. The topological polar surface area (TPSA) is 65.8 Å². The smallest absolute Gasteiger partial charge is 0.163 e. The second kappa shape index (κ2) is 4.28. The van der Waals surface area contributed by atoms with Crippen molar-refractivity contribution >= 4 is 11.5 Å². The maximum Gasteiger partial charge on any atom is 0.163 e. The van der Waals surface area contributed by atoms with Gasteiger partial charge in [0.05, 0.1) is 0 Å². The molecule has 0 aromatic heterocycles. The number of carbonyl (C=O) groups excluding carboxylic acids is 1. The number of hydrogen-bond acceptors (Lipinski definition) is 2. The molecule has 0 aliphatic rings. The van der Waals surface area contributed by atoms with Gasteiger partial charge in [-0.1, -0.05) is 36.3 Å². The molecule has 0 amide bonds. The van der Waals surface area contributed by atoms with Crippen LogP contribution in [0.2, 0.25) is 0 Å². The predicted molar refractivity (Wildman–Crippen MR) is 49.9 cm³/mol. The molecule has 0 bridgehead atoms. The molecule has 0 radical (unpaired) electrons. The van der Waals surface area contributed by atoms with Crippen molar-refractivity contribution in [3.05, 3.63) is 40.3 Å². The highest BCUT2D eigenvalue weighted by molar-refractivity contribution is 6.00. The Kier molecular flexibility index (Phi) is 3.06. The number of rotatable bonds is 3. The lowest BCUT2D eigenvalue weighted by Gasteiger charge is -2.00. The van der Waals surface area contributed by atoms with Crippen LogP contribution >= 0.6 is 0 Å². The van der Waals surface area contributed by atoms with Gasteiger partial charge in [0, 0.05) is 22.6 Å². The predicted octanol–water partition coefficient (Wildman–Crippen LogP) is 3.22. The van der Waals surface area contributed by atoms with Crippen LogP contribution in [0.5, 0.6) is 0 Å².